The van der Waals surface area contributed by atoms with Gasteiger partial charge in [0.05, 0.1) is 12.5 Å². The van der Waals surface area contributed by atoms with E-state index >= 15 is 0 Å². The number of rotatable bonds is 5. The smallest absolute Gasteiger partial charge is 0.235 e. The van der Waals surface area contributed by atoms with Crippen LogP contribution in [0.5, 0.6) is 5.75 Å². The lowest BCUT2D eigenvalue weighted by Gasteiger charge is -2.28. The first-order valence-electron chi connectivity index (χ1n) is 9.27. The van der Waals surface area contributed by atoms with Crippen molar-refractivity contribution in [3.8, 4) is 17.1 Å². The lowest BCUT2D eigenvalue weighted by atomic mass is 9.78. The summed E-state index contributed by atoms with van der Waals surface area (Å²) in [5, 5.41) is 3.12. The van der Waals surface area contributed by atoms with Gasteiger partial charge in [0.25, 0.3) is 0 Å². The molecule has 0 aliphatic heterocycles. The van der Waals surface area contributed by atoms with E-state index in [0.29, 0.717) is 0 Å². The molecule has 27 heavy (non-hydrogen) atoms. The van der Waals surface area contributed by atoms with Crippen LogP contribution < -0.4 is 10.1 Å². The molecule has 0 saturated heterocycles. The molecule has 4 rings (SSSR count). The van der Waals surface area contributed by atoms with Crippen molar-refractivity contribution in [3.05, 3.63) is 66.5 Å². The molecule has 1 amide bonds. The third-order valence-corrected chi connectivity index (χ3v) is 5.43. The fourth-order valence-corrected chi connectivity index (χ4v) is 3.93. The summed E-state index contributed by atoms with van der Waals surface area (Å²) in [6, 6.07) is 15.7. The third-order valence-electron chi connectivity index (χ3n) is 5.43. The lowest BCUT2D eigenvalue weighted by Crippen LogP contribution is -2.38. The van der Waals surface area contributed by atoms with Gasteiger partial charge in [0.2, 0.25) is 5.91 Å². The number of carbonyl (C=O) groups is 1. The van der Waals surface area contributed by atoms with Crippen LogP contribution in [0.3, 0.4) is 0 Å². The van der Waals surface area contributed by atoms with Crippen molar-refractivity contribution in [1.29, 1.82) is 0 Å². The molecule has 0 bridgehead atoms. The maximum atomic E-state index is 13.3. The summed E-state index contributed by atoms with van der Waals surface area (Å²) in [6.07, 6.45) is 7.35. The molecule has 5 heteroatoms. The Balaban J connectivity index is 1.58. The van der Waals surface area contributed by atoms with Crippen LogP contribution in [-0.2, 0) is 10.2 Å². The third kappa shape index (κ3) is 3.33. The summed E-state index contributed by atoms with van der Waals surface area (Å²) in [5.41, 5.74) is 2.32. The number of carbonyl (C=O) groups excluding carboxylic acids is 1. The number of aromatic nitrogens is 2. The van der Waals surface area contributed by atoms with Crippen molar-refractivity contribution < 1.29 is 9.53 Å². The molecular weight excluding hydrogens is 338 g/mol. The molecule has 3 aromatic rings. The van der Waals surface area contributed by atoms with E-state index in [1.807, 2.05) is 48.5 Å². The summed E-state index contributed by atoms with van der Waals surface area (Å²) in [4.78, 5) is 20.6. The van der Waals surface area contributed by atoms with Gasteiger partial charge in [0.15, 0.2) is 0 Å². The van der Waals surface area contributed by atoms with E-state index in [-0.39, 0.29) is 5.91 Å². The molecule has 5 nitrogen and oxygen atoms in total. The highest BCUT2D eigenvalue weighted by molar-refractivity contribution is 5.99. The molecule has 1 fully saturated rings. The molecule has 2 N–H and O–H groups in total. The average molecular weight is 361 g/mol. The maximum absolute atomic E-state index is 13.3. The Kier molecular flexibility index (Phi) is 4.67. The van der Waals surface area contributed by atoms with E-state index < -0.39 is 5.41 Å². The fraction of sp³-hybridized carbons (Fsp3) is 0.273. The van der Waals surface area contributed by atoms with Crippen LogP contribution in [0.2, 0.25) is 0 Å². The van der Waals surface area contributed by atoms with Gasteiger partial charge in [-0.1, -0.05) is 25.0 Å². The van der Waals surface area contributed by atoms with E-state index in [9.17, 15) is 4.79 Å². The summed E-state index contributed by atoms with van der Waals surface area (Å²) in [6.45, 7) is 0. The number of H-pyrrole nitrogens is 1. The van der Waals surface area contributed by atoms with E-state index in [4.69, 9.17) is 4.74 Å². The van der Waals surface area contributed by atoms with Gasteiger partial charge in [-0.15, -0.1) is 0 Å². The van der Waals surface area contributed by atoms with Gasteiger partial charge in [-0.3, -0.25) is 4.79 Å². The number of nitrogens with zero attached hydrogens (tertiary/aromatic N) is 1. The number of imidazole rings is 1. The van der Waals surface area contributed by atoms with Crippen LogP contribution >= 0.6 is 0 Å². The van der Waals surface area contributed by atoms with Gasteiger partial charge < -0.3 is 15.0 Å². The Hall–Kier alpha value is -3.08. The number of nitrogens with one attached hydrogen (secondary N) is 2. The zero-order chi connectivity index (χ0) is 18.7. The van der Waals surface area contributed by atoms with E-state index in [1.165, 1.54) is 0 Å². The molecule has 0 atom stereocenters. The summed E-state index contributed by atoms with van der Waals surface area (Å²) in [5.74, 6) is 1.66. The highest BCUT2D eigenvalue weighted by Crippen LogP contribution is 2.43. The second-order valence-corrected chi connectivity index (χ2v) is 6.99. The molecule has 138 valence electrons. The topological polar surface area (TPSA) is 67.0 Å². The van der Waals surface area contributed by atoms with Crippen LogP contribution in [0, 0.1) is 0 Å². The predicted molar refractivity (Wildman–Crippen MR) is 106 cm³/mol. The van der Waals surface area contributed by atoms with Gasteiger partial charge in [0, 0.05) is 23.6 Å². The Bertz CT molecular complexity index is 911. The number of anilines is 1. The lowest BCUT2D eigenvalue weighted by molar-refractivity contribution is -0.121. The predicted octanol–water partition coefficient (Wildman–Crippen LogP) is 4.54. The molecule has 0 unspecified atom stereocenters. The molecule has 2 aromatic carbocycles. The Labute approximate surface area is 158 Å². The van der Waals surface area contributed by atoms with Crippen molar-refractivity contribution >= 4 is 11.6 Å². The van der Waals surface area contributed by atoms with Gasteiger partial charge in [0.1, 0.15) is 11.6 Å². The quantitative estimate of drug-likeness (QED) is 0.701. The van der Waals surface area contributed by atoms with Crippen LogP contribution in [0.4, 0.5) is 5.69 Å². The highest BCUT2D eigenvalue weighted by atomic mass is 16.5. The second-order valence-electron chi connectivity index (χ2n) is 6.99. The first-order valence-corrected chi connectivity index (χ1v) is 9.27. The van der Waals surface area contributed by atoms with Gasteiger partial charge in [-0.25, -0.2) is 4.98 Å². The van der Waals surface area contributed by atoms with Crippen LogP contribution in [0.25, 0.3) is 11.4 Å². The standard InChI is InChI=1S/C22H23N3O2/c1-27-19-6-4-5-17(15-19)22(11-2-3-12-22)21(26)25-18-9-7-16(8-10-18)20-23-13-14-24-20/h4-10,13-15H,2-3,11-12H2,1H3,(H,23,24)(H,25,26). The van der Waals surface area contributed by atoms with E-state index in [0.717, 1.165) is 54.1 Å². The van der Waals surface area contributed by atoms with Gasteiger partial charge >= 0.3 is 0 Å². The number of methoxy groups -OCH3 is 1. The van der Waals surface area contributed by atoms with E-state index in [1.54, 1.807) is 19.5 Å². The number of aromatic amines is 1. The molecule has 0 radical (unpaired) electrons. The average Bonchev–Trinajstić information content (AvgIpc) is 3.41. The first kappa shape index (κ1) is 17.3. The Morgan fingerprint density at radius 3 is 2.59 bits per heavy atom. The van der Waals surface area contributed by atoms with Gasteiger partial charge in [-0.2, -0.15) is 0 Å². The van der Waals surface area contributed by atoms with Crippen LogP contribution in [-0.4, -0.2) is 23.0 Å². The molecule has 1 saturated carbocycles. The number of hydrogen-bond donors (Lipinski definition) is 2. The normalized spacial score (nSPS) is 15.4. The molecule has 1 heterocycles. The van der Waals surface area contributed by atoms with Crippen LogP contribution in [0.1, 0.15) is 31.2 Å². The maximum Gasteiger partial charge on any atom is 0.235 e. The van der Waals surface area contributed by atoms with Crippen molar-refractivity contribution in [2.75, 3.05) is 12.4 Å². The van der Waals surface area contributed by atoms with Crippen molar-refractivity contribution in [2.45, 2.75) is 31.1 Å². The Morgan fingerprint density at radius 1 is 1.15 bits per heavy atom. The minimum atomic E-state index is -0.492. The second kappa shape index (κ2) is 7.27. The highest BCUT2D eigenvalue weighted by Gasteiger charge is 2.42. The molecule has 0 spiro atoms. The molecule has 1 aliphatic carbocycles. The minimum Gasteiger partial charge on any atom is -0.497 e. The zero-order valence-electron chi connectivity index (χ0n) is 15.4. The van der Waals surface area contributed by atoms with E-state index in [2.05, 4.69) is 15.3 Å². The molecule has 1 aromatic heterocycles. The van der Waals surface area contributed by atoms with Gasteiger partial charge in [-0.05, 0) is 54.8 Å². The van der Waals surface area contributed by atoms with Crippen LogP contribution in [0.15, 0.2) is 60.9 Å². The van der Waals surface area contributed by atoms with Crippen molar-refractivity contribution in [3.63, 3.8) is 0 Å². The molecule has 1 aliphatic rings. The summed E-state index contributed by atoms with van der Waals surface area (Å²) >= 11 is 0. The largest absolute Gasteiger partial charge is 0.497 e. The zero-order valence-corrected chi connectivity index (χ0v) is 15.4. The number of ether oxygens (including phenoxy) is 1. The number of amides is 1. The number of hydrogen-bond acceptors (Lipinski definition) is 3. The summed E-state index contributed by atoms with van der Waals surface area (Å²) in [7, 11) is 1.65. The van der Waals surface area contributed by atoms with Crippen molar-refractivity contribution in [1.82, 2.24) is 9.97 Å². The SMILES string of the molecule is COc1cccc(C2(C(=O)Nc3ccc(-c4ncc[nH]4)cc3)CCCC2)c1. The molecular formula is C22H23N3O2. The fourth-order valence-electron chi connectivity index (χ4n) is 3.93. The van der Waals surface area contributed by atoms with Crippen molar-refractivity contribution in [2.24, 2.45) is 0 Å². The monoisotopic (exact) mass is 361 g/mol. The first-order chi connectivity index (χ1) is 13.2. The number of benzene rings is 2. The minimum absolute atomic E-state index is 0.0546. The summed E-state index contributed by atoms with van der Waals surface area (Å²) < 4.78 is 5.37. The Morgan fingerprint density at radius 2 is 1.93 bits per heavy atom.